The second kappa shape index (κ2) is 14.8. The van der Waals surface area contributed by atoms with Gasteiger partial charge in [0, 0.05) is 32.9 Å². The quantitative estimate of drug-likeness (QED) is 0.168. The lowest BCUT2D eigenvalue weighted by Gasteiger charge is -2.13. The van der Waals surface area contributed by atoms with Gasteiger partial charge in [-0.2, -0.15) is 0 Å². The molecule has 0 unspecified atom stereocenters. The van der Waals surface area contributed by atoms with E-state index in [0.717, 1.165) is 5.69 Å². The van der Waals surface area contributed by atoms with Gasteiger partial charge < -0.3 is 9.13 Å². The molecule has 10 aromatic carbocycles. The normalized spacial score (nSPS) is 11.5. The van der Waals surface area contributed by atoms with Gasteiger partial charge in [0.25, 0.3) is 0 Å². The summed E-state index contributed by atoms with van der Waals surface area (Å²) in [6, 6.07) is 79.9. The smallest absolute Gasteiger partial charge is 0.0553 e. The van der Waals surface area contributed by atoms with Crippen molar-refractivity contribution in [2.75, 3.05) is 0 Å². The minimum atomic E-state index is 1.13. The summed E-state index contributed by atoms with van der Waals surface area (Å²) in [5, 5.41) is 14.3. The number of nitrogens with two attached hydrogens (primary N) is 1. The second-order valence-electron chi connectivity index (χ2n) is 15.3. The number of benzene rings is 10. The first kappa shape index (κ1) is 35.8. The van der Waals surface area contributed by atoms with Crippen LogP contribution < -0.4 is 5.14 Å². The molecule has 0 saturated heterocycles. The predicted octanol–water partition coefficient (Wildman–Crippen LogP) is 15.0. The molecule has 0 fully saturated rings. The highest BCUT2D eigenvalue weighted by Crippen LogP contribution is 2.46. The van der Waals surface area contributed by atoms with Crippen LogP contribution in [0.5, 0.6) is 0 Å². The van der Waals surface area contributed by atoms with Crippen LogP contribution in [0.15, 0.2) is 218 Å². The molecule has 12 aromatic rings. The van der Waals surface area contributed by atoms with Gasteiger partial charge in [0.15, 0.2) is 0 Å². The van der Waals surface area contributed by atoms with Crippen molar-refractivity contribution in [1.82, 2.24) is 9.13 Å². The fourth-order valence-corrected chi connectivity index (χ4v) is 9.53. The summed E-state index contributed by atoms with van der Waals surface area (Å²) in [5.74, 6) is 0. The van der Waals surface area contributed by atoms with E-state index in [-0.39, 0.29) is 0 Å². The largest absolute Gasteiger partial charge is 0.309 e. The van der Waals surface area contributed by atoms with Crippen molar-refractivity contribution in [3.05, 3.63) is 218 Å². The standard InChI is InChI=1S/C56H36N2.H3NS/c1-4-16-38(17-5-1)48-35-53-55(46-25-12-10-22-43(46)48)56-47-26-13-11-23-44(47)49(39-18-6-2-7-19-39)36-54(56)58(53)42-31-28-37(29-32-42)40-30-33-52-50(34-40)45-24-14-15-27-51(45)57(52)41-20-8-3-9-21-41;1-2/h1-36H;2H,1H2. The molecule has 284 valence electrons. The van der Waals surface area contributed by atoms with Gasteiger partial charge in [-0.3, -0.25) is 5.14 Å². The van der Waals surface area contributed by atoms with Gasteiger partial charge in [-0.25, -0.2) is 0 Å². The van der Waals surface area contributed by atoms with E-state index in [1.807, 2.05) is 0 Å². The zero-order chi connectivity index (χ0) is 40.2. The number of aromatic nitrogens is 2. The van der Waals surface area contributed by atoms with Crippen molar-refractivity contribution in [2.24, 2.45) is 5.14 Å². The summed E-state index contributed by atoms with van der Waals surface area (Å²) in [4.78, 5) is 0. The summed E-state index contributed by atoms with van der Waals surface area (Å²) < 4.78 is 4.88. The van der Waals surface area contributed by atoms with Crippen LogP contribution in [-0.2, 0) is 0 Å². The molecular weight excluding hydrogens is 747 g/mol. The third-order valence-electron chi connectivity index (χ3n) is 12.1. The molecule has 2 heterocycles. The monoisotopic (exact) mass is 785 g/mol. The molecule has 2 aromatic heterocycles. The lowest BCUT2D eigenvalue weighted by molar-refractivity contribution is 1.18. The number of hydrogen-bond acceptors (Lipinski definition) is 2. The Bertz CT molecular complexity index is 3400. The Balaban J connectivity index is 0.00000201. The first-order chi connectivity index (χ1) is 29.8. The highest BCUT2D eigenvalue weighted by atomic mass is 32.1. The molecule has 0 aliphatic heterocycles. The zero-order valence-corrected chi connectivity index (χ0v) is 33.6. The Morgan fingerprint density at radius 3 is 1.22 bits per heavy atom. The maximum Gasteiger partial charge on any atom is 0.0553 e. The summed E-state index contributed by atoms with van der Waals surface area (Å²) >= 11 is 3.03. The SMILES string of the molecule is NS.c1ccc(-c2cc3c(c4ccccc24)c2c4ccccc4c(-c4ccccc4)cc2n3-c2ccc(-c3ccc4c(c3)c3ccccc3n4-c3ccccc3)cc2)cc1. The van der Waals surface area contributed by atoms with E-state index in [1.54, 1.807) is 0 Å². The van der Waals surface area contributed by atoms with Crippen LogP contribution in [0.25, 0.3) is 110 Å². The van der Waals surface area contributed by atoms with Crippen molar-refractivity contribution in [3.8, 4) is 44.8 Å². The lowest BCUT2D eigenvalue weighted by Crippen LogP contribution is -1.95. The molecule has 0 saturated carbocycles. The molecule has 0 bridgehead atoms. The summed E-state index contributed by atoms with van der Waals surface area (Å²) in [6.07, 6.45) is 0. The molecule has 0 aliphatic carbocycles. The van der Waals surface area contributed by atoms with Crippen LogP contribution >= 0.6 is 12.8 Å². The second-order valence-corrected chi connectivity index (χ2v) is 15.3. The maximum atomic E-state index is 4.19. The summed E-state index contributed by atoms with van der Waals surface area (Å²) in [6.45, 7) is 0. The van der Waals surface area contributed by atoms with Gasteiger partial charge in [0.05, 0.1) is 22.1 Å². The average molecular weight is 786 g/mol. The van der Waals surface area contributed by atoms with E-state index in [4.69, 9.17) is 0 Å². The van der Waals surface area contributed by atoms with E-state index >= 15 is 0 Å². The van der Waals surface area contributed by atoms with Gasteiger partial charge in [0.1, 0.15) is 0 Å². The number of fused-ring (bicyclic) bond motifs is 10. The molecule has 0 amide bonds. The number of hydrogen-bond donors (Lipinski definition) is 2. The molecule has 12 rings (SSSR count). The van der Waals surface area contributed by atoms with Crippen LogP contribution in [0.1, 0.15) is 0 Å². The van der Waals surface area contributed by atoms with E-state index in [0.29, 0.717) is 0 Å². The molecular formula is C56H39N3S. The summed E-state index contributed by atoms with van der Waals surface area (Å²) in [7, 11) is 0. The van der Waals surface area contributed by atoms with E-state index in [9.17, 15) is 0 Å². The third-order valence-corrected chi connectivity index (χ3v) is 12.1. The molecule has 0 spiro atoms. The fraction of sp³-hybridized carbons (Fsp3) is 0. The van der Waals surface area contributed by atoms with Crippen molar-refractivity contribution >= 4 is 78.0 Å². The van der Waals surface area contributed by atoms with E-state index < -0.39 is 0 Å². The Morgan fingerprint density at radius 2 is 0.667 bits per heavy atom. The van der Waals surface area contributed by atoms with Gasteiger partial charge in [-0.15, -0.1) is 12.8 Å². The van der Waals surface area contributed by atoms with Crippen LogP contribution in [0.4, 0.5) is 0 Å². The molecule has 0 aliphatic rings. The van der Waals surface area contributed by atoms with Crippen LogP contribution in [-0.4, -0.2) is 9.13 Å². The van der Waals surface area contributed by atoms with Crippen LogP contribution in [0.2, 0.25) is 0 Å². The lowest BCUT2D eigenvalue weighted by atomic mass is 9.92. The molecule has 4 heteroatoms. The first-order valence-electron chi connectivity index (χ1n) is 20.3. The number of thiol groups is 1. The number of para-hydroxylation sites is 2. The number of rotatable bonds is 5. The highest BCUT2D eigenvalue weighted by molar-refractivity contribution is 7.77. The predicted molar refractivity (Wildman–Crippen MR) is 260 cm³/mol. The molecule has 0 radical (unpaired) electrons. The summed E-state index contributed by atoms with van der Waals surface area (Å²) in [5.41, 5.74) is 14.4. The van der Waals surface area contributed by atoms with Gasteiger partial charge >= 0.3 is 0 Å². The number of nitrogens with zero attached hydrogens (tertiary/aromatic N) is 2. The zero-order valence-electron chi connectivity index (χ0n) is 32.7. The maximum absolute atomic E-state index is 4.19. The molecule has 2 N–H and O–H groups in total. The van der Waals surface area contributed by atoms with Crippen molar-refractivity contribution in [1.29, 1.82) is 0 Å². The minimum Gasteiger partial charge on any atom is -0.309 e. The Kier molecular flexibility index (Phi) is 8.81. The first-order valence-corrected chi connectivity index (χ1v) is 20.8. The highest BCUT2D eigenvalue weighted by Gasteiger charge is 2.22. The Hall–Kier alpha value is -7.37. The van der Waals surface area contributed by atoms with Crippen molar-refractivity contribution in [2.45, 2.75) is 0 Å². The third kappa shape index (κ3) is 5.65. The van der Waals surface area contributed by atoms with E-state index in [2.05, 4.69) is 245 Å². The van der Waals surface area contributed by atoms with Crippen molar-refractivity contribution in [3.63, 3.8) is 0 Å². The van der Waals surface area contributed by atoms with E-state index in [1.165, 1.54) is 104 Å². The van der Waals surface area contributed by atoms with Gasteiger partial charge in [-0.05, 0) is 110 Å². The fourth-order valence-electron chi connectivity index (χ4n) is 9.53. The van der Waals surface area contributed by atoms with Gasteiger partial charge in [-0.1, -0.05) is 164 Å². The topological polar surface area (TPSA) is 35.9 Å². The molecule has 0 atom stereocenters. The Morgan fingerprint density at radius 1 is 0.267 bits per heavy atom. The van der Waals surface area contributed by atoms with Crippen LogP contribution in [0, 0.1) is 0 Å². The van der Waals surface area contributed by atoms with Gasteiger partial charge in [0.2, 0.25) is 0 Å². The Labute approximate surface area is 353 Å². The molecule has 60 heavy (non-hydrogen) atoms. The van der Waals surface area contributed by atoms with Crippen molar-refractivity contribution < 1.29 is 0 Å². The minimum absolute atomic E-state index is 1.13. The van der Waals surface area contributed by atoms with Crippen LogP contribution in [0.3, 0.4) is 0 Å². The average Bonchev–Trinajstić information content (AvgIpc) is 3.85. The molecule has 3 nitrogen and oxygen atoms in total.